The molecule has 0 amide bonds. The second-order valence-electron chi connectivity index (χ2n) is 3.45. The van der Waals surface area contributed by atoms with Crippen molar-refractivity contribution in [2.24, 2.45) is 0 Å². The van der Waals surface area contributed by atoms with Crippen LogP contribution < -0.4 is 10.5 Å². The van der Waals surface area contributed by atoms with E-state index < -0.39 is 0 Å². The van der Waals surface area contributed by atoms with Crippen molar-refractivity contribution in [2.45, 2.75) is 6.54 Å². The van der Waals surface area contributed by atoms with Gasteiger partial charge in [-0.05, 0) is 31.8 Å². The fraction of sp³-hybridized carbons (Fsp3) is 0.455. The zero-order valence-corrected chi connectivity index (χ0v) is 8.73. The monoisotopic (exact) mass is 192 g/mol. The Bertz CT molecular complexity index is 256. The maximum atomic E-state index is 8.83. The van der Waals surface area contributed by atoms with Crippen molar-refractivity contribution in [3.8, 4) is 5.75 Å². The Balaban J connectivity index is 2.36. The molecule has 0 aromatic heterocycles. The molecule has 0 saturated heterocycles. The van der Waals surface area contributed by atoms with Crippen LogP contribution in [0.3, 0.4) is 0 Å². The summed E-state index contributed by atoms with van der Waals surface area (Å²) in [5.41, 5.74) is 9.74. The molecule has 0 saturated carbocycles. The van der Waals surface area contributed by atoms with E-state index in [1.807, 2.05) is 38.4 Å². The van der Waals surface area contributed by atoms with Crippen molar-refractivity contribution in [3.05, 3.63) is 29.8 Å². The second kappa shape index (κ2) is 5.62. The number of hydrogen-bond donors (Lipinski definition) is 0. The third kappa shape index (κ3) is 3.77. The van der Waals surface area contributed by atoms with Crippen molar-refractivity contribution < 1.29 is 4.74 Å². The Hall–Kier alpha value is -1.06. The molecular weight excluding hydrogens is 176 g/mol. The van der Waals surface area contributed by atoms with Crippen LogP contribution in [0.5, 0.6) is 5.75 Å². The highest BCUT2D eigenvalue weighted by Crippen LogP contribution is 2.11. The fourth-order valence-corrected chi connectivity index (χ4v) is 1.04. The molecule has 1 aromatic carbocycles. The molecule has 0 aliphatic rings. The van der Waals surface area contributed by atoms with Gasteiger partial charge in [-0.25, -0.2) is 0 Å². The van der Waals surface area contributed by atoms with Gasteiger partial charge in [-0.3, -0.25) is 0 Å². The first-order valence-corrected chi connectivity index (χ1v) is 4.69. The summed E-state index contributed by atoms with van der Waals surface area (Å²) < 4.78 is 5.49. The smallest absolute Gasteiger partial charge is 0.119 e. The Morgan fingerprint density at radius 2 is 1.86 bits per heavy atom. The predicted octanol–water partition coefficient (Wildman–Crippen LogP) is 1.20. The molecule has 0 N–H and O–H groups in total. The lowest BCUT2D eigenvalue weighted by atomic mass is 10.2. The molecule has 0 heterocycles. The summed E-state index contributed by atoms with van der Waals surface area (Å²) in [4.78, 5) is 2.07. The maximum absolute atomic E-state index is 8.83. The number of likely N-dealkylation sites (N-methyl/N-ethyl adjacent to an activating group) is 1. The van der Waals surface area contributed by atoms with E-state index in [1.54, 1.807) is 0 Å². The highest BCUT2D eigenvalue weighted by molar-refractivity contribution is 5.26. The number of hydrogen-bond acceptors (Lipinski definition) is 2. The first-order chi connectivity index (χ1) is 6.72. The Morgan fingerprint density at radius 3 is 2.36 bits per heavy atom. The molecule has 76 valence electrons. The van der Waals surface area contributed by atoms with Gasteiger partial charge in [-0.1, -0.05) is 12.1 Å². The normalized spacial score (nSPS) is 10.6. The van der Waals surface area contributed by atoms with Crippen LogP contribution in [0.15, 0.2) is 24.3 Å². The van der Waals surface area contributed by atoms with Crippen LogP contribution in [0.2, 0.25) is 0 Å². The summed E-state index contributed by atoms with van der Waals surface area (Å²) in [6.45, 7) is 1.67. The average Bonchev–Trinajstić information content (AvgIpc) is 2.18. The first kappa shape index (κ1) is 11.0. The minimum atomic E-state index is 0.0813. The summed E-state index contributed by atoms with van der Waals surface area (Å²) in [6.07, 6.45) is 0. The average molecular weight is 192 g/mol. The molecule has 14 heavy (non-hydrogen) atoms. The van der Waals surface area contributed by atoms with Crippen molar-refractivity contribution in [1.29, 1.82) is 0 Å². The van der Waals surface area contributed by atoms with E-state index >= 15 is 0 Å². The van der Waals surface area contributed by atoms with Crippen LogP contribution in [0, 0.1) is 0 Å². The maximum Gasteiger partial charge on any atom is 0.119 e. The summed E-state index contributed by atoms with van der Waals surface area (Å²) in [5, 5.41) is 0. The van der Waals surface area contributed by atoms with Gasteiger partial charge in [0.2, 0.25) is 0 Å². The Morgan fingerprint density at radius 1 is 1.21 bits per heavy atom. The summed E-state index contributed by atoms with van der Waals surface area (Å²) >= 11 is 0. The van der Waals surface area contributed by atoms with Crippen LogP contribution in [0.25, 0.3) is 0 Å². The number of nitrogens with zero attached hydrogens (tertiary/aromatic N) is 2. The molecule has 0 spiro atoms. The van der Waals surface area contributed by atoms with Gasteiger partial charge in [0.1, 0.15) is 12.4 Å². The van der Waals surface area contributed by atoms with E-state index in [1.165, 1.54) is 0 Å². The molecule has 2 radical (unpaired) electrons. The minimum Gasteiger partial charge on any atom is -0.492 e. The lowest BCUT2D eigenvalue weighted by Gasteiger charge is -2.10. The molecular formula is C11H16N2O. The fourth-order valence-electron chi connectivity index (χ4n) is 1.04. The van der Waals surface area contributed by atoms with Gasteiger partial charge < -0.3 is 9.64 Å². The summed E-state index contributed by atoms with van der Waals surface area (Å²) in [7, 11) is 4.02. The van der Waals surface area contributed by atoms with Crippen molar-refractivity contribution in [2.75, 3.05) is 27.2 Å². The standard InChI is InChI=1S/C11H16N2O/c1-13(2)7-8-14-11-5-3-10(9-12)4-6-11/h3-6H,7-9H2,1-2H3. The highest BCUT2D eigenvalue weighted by atomic mass is 16.5. The zero-order chi connectivity index (χ0) is 10.4. The van der Waals surface area contributed by atoms with Gasteiger partial charge in [-0.2, -0.15) is 0 Å². The summed E-state index contributed by atoms with van der Waals surface area (Å²) in [5.74, 6) is 0.851. The van der Waals surface area contributed by atoms with E-state index in [0.29, 0.717) is 6.61 Å². The predicted molar refractivity (Wildman–Crippen MR) is 56.3 cm³/mol. The third-order valence-corrected chi connectivity index (χ3v) is 1.91. The van der Waals surface area contributed by atoms with Gasteiger partial charge in [0.05, 0.1) is 6.54 Å². The largest absolute Gasteiger partial charge is 0.492 e. The van der Waals surface area contributed by atoms with Crippen LogP contribution in [-0.4, -0.2) is 32.1 Å². The van der Waals surface area contributed by atoms with Gasteiger partial charge >= 0.3 is 0 Å². The Kier molecular flexibility index (Phi) is 4.43. The zero-order valence-electron chi connectivity index (χ0n) is 8.73. The van der Waals surface area contributed by atoms with E-state index in [-0.39, 0.29) is 6.54 Å². The third-order valence-electron chi connectivity index (χ3n) is 1.91. The SMILES string of the molecule is CN(C)CCOc1ccc(C[N])cc1. The van der Waals surface area contributed by atoms with Gasteiger partial charge in [0.25, 0.3) is 0 Å². The first-order valence-electron chi connectivity index (χ1n) is 4.69. The van der Waals surface area contributed by atoms with Gasteiger partial charge in [0, 0.05) is 6.54 Å². The van der Waals surface area contributed by atoms with Crippen LogP contribution in [0.4, 0.5) is 0 Å². The molecule has 1 aromatic rings. The molecule has 0 aliphatic carbocycles. The van der Waals surface area contributed by atoms with Gasteiger partial charge in [0.15, 0.2) is 0 Å². The van der Waals surface area contributed by atoms with E-state index in [0.717, 1.165) is 17.9 Å². The second-order valence-corrected chi connectivity index (χ2v) is 3.45. The molecule has 0 aliphatic heterocycles. The van der Waals surface area contributed by atoms with E-state index in [4.69, 9.17) is 10.5 Å². The quantitative estimate of drug-likeness (QED) is 0.702. The number of rotatable bonds is 5. The number of benzene rings is 1. The van der Waals surface area contributed by atoms with Crippen LogP contribution in [0.1, 0.15) is 5.56 Å². The topological polar surface area (TPSA) is 34.8 Å². The molecule has 0 atom stereocenters. The van der Waals surface area contributed by atoms with E-state index in [9.17, 15) is 0 Å². The van der Waals surface area contributed by atoms with Gasteiger partial charge in [-0.15, -0.1) is 5.73 Å². The molecule has 0 bridgehead atoms. The highest BCUT2D eigenvalue weighted by Gasteiger charge is 1.95. The van der Waals surface area contributed by atoms with Crippen LogP contribution in [-0.2, 0) is 6.54 Å². The van der Waals surface area contributed by atoms with Crippen molar-refractivity contribution in [1.82, 2.24) is 10.6 Å². The van der Waals surface area contributed by atoms with Crippen LogP contribution >= 0.6 is 0 Å². The lowest BCUT2D eigenvalue weighted by Crippen LogP contribution is -2.19. The molecule has 3 heteroatoms. The molecule has 3 nitrogen and oxygen atoms in total. The lowest BCUT2D eigenvalue weighted by molar-refractivity contribution is 0.261. The molecule has 0 fully saturated rings. The number of ether oxygens (including phenoxy) is 1. The minimum absolute atomic E-state index is 0.0813. The Labute approximate surface area is 85.5 Å². The molecule has 0 unspecified atom stereocenters. The van der Waals surface area contributed by atoms with Crippen molar-refractivity contribution >= 4 is 0 Å². The van der Waals surface area contributed by atoms with Crippen molar-refractivity contribution in [3.63, 3.8) is 0 Å². The summed E-state index contributed by atoms with van der Waals surface area (Å²) in [6, 6.07) is 7.48. The molecule has 1 rings (SSSR count). The van der Waals surface area contributed by atoms with E-state index in [2.05, 4.69) is 4.90 Å².